The van der Waals surface area contributed by atoms with E-state index in [0.717, 1.165) is 19.3 Å². The van der Waals surface area contributed by atoms with Gasteiger partial charge in [0.25, 0.3) is 0 Å². The minimum Gasteiger partial charge on any atom is -0.491 e. The van der Waals surface area contributed by atoms with Gasteiger partial charge in [0.2, 0.25) is 0 Å². The lowest BCUT2D eigenvalue weighted by atomic mass is 10.1. The Hall–Kier alpha value is -1.75. The molecule has 0 atom stereocenters. The van der Waals surface area contributed by atoms with Crippen molar-refractivity contribution in [3.63, 3.8) is 0 Å². The molecule has 0 saturated heterocycles. The third kappa shape index (κ3) is 34.7. The Bertz CT molecular complexity index is 800. The molecule has 0 unspecified atom stereocenters. The van der Waals surface area contributed by atoms with Gasteiger partial charge in [0, 0.05) is 12.2 Å². The second-order valence-corrected chi connectivity index (χ2v) is 11.0. The van der Waals surface area contributed by atoms with Crippen molar-refractivity contribution < 1.29 is 61.6 Å². The molecule has 0 aliphatic heterocycles. The lowest BCUT2D eigenvalue weighted by Gasteiger charge is -2.09. The van der Waals surface area contributed by atoms with E-state index in [-0.39, 0.29) is 0 Å². The molecule has 0 N–H and O–H groups in total. The fourth-order valence-corrected chi connectivity index (χ4v) is 4.15. The second-order valence-electron chi connectivity index (χ2n) is 11.0. The van der Waals surface area contributed by atoms with Crippen LogP contribution in [0, 0.1) is 0 Å². The third-order valence-corrected chi connectivity index (χ3v) is 6.87. The van der Waals surface area contributed by atoms with Crippen LogP contribution in [0.5, 0.6) is 5.75 Å². The van der Waals surface area contributed by atoms with Crippen LogP contribution in [0.4, 0.5) is 0 Å². The highest BCUT2D eigenvalue weighted by molar-refractivity contribution is 5.74. The standard InChI is InChI=1S/C37H66O13/c1-2-3-4-5-6-7-12-39-13-14-40-15-16-41-17-18-42-19-20-43-21-22-44-23-24-45-25-26-46-27-28-47-29-30-48-31-32-49-33-34-50-37-10-8-36(35-38)9-11-37/h8-11,35H,2-7,12-34H2,1H3. The molecule has 13 nitrogen and oxygen atoms in total. The highest BCUT2D eigenvalue weighted by Gasteiger charge is 1.98. The number of hydrogen-bond acceptors (Lipinski definition) is 13. The zero-order valence-corrected chi connectivity index (χ0v) is 30.7. The molecule has 0 bridgehead atoms. The minimum atomic E-state index is 0.432. The van der Waals surface area contributed by atoms with Crippen LogP contribution in [0.3, 0.4) is 0 Å². The molecule has 1 aromatic rings. The number of benzene rings is 1. The highest BCUT2D eigenvalue weighted by atomic mass is 16.6. The second kappa shape index (κ2) is 40.0. The Balaban J connectivity index is 1.62. The fourth-order valence-electron chi connectivity index (χ4n) is 4.15. The number of hydrogen-bond donors (Lipinski definition) is 0. The normalized spacial score (nSPS) is 11.4. The monoisotopic (exact) mass is 718 g/mol. The van der Waals surface area contributed by atoms with E-state index in [1.54, 1.807) is 24.3 Å². The number of carbonyl (C=O) groups is 1. The highest BCUT2D eigenvalue weighted by Crippen LogP contribution is 2.10. The van der Waals surface area contributed by atoms with Crippen molar-refractivity contribution in [2.24, 2.45) is 0 Å². The van der Waals surface area contributed by atoms with Gasteiger partial charge < -0.3 is 56.8 Å². The van der Waals surface area contributed by atoms with Crippen LogP contribution in [-0.2, 0) is 52.1 Å². The lowest BCUT2D eigenvalue weighted by Crippen LogP contribution is -2.15. The summed E-state index contributed by atoms with van der Waals surface area (Å²) >= 11 is 0. The number of rotatable bonds is 42. The molecule has 0 amide bonds. The van der Waals surface area contributed by atoms with Crippen LogP contribution < -0.4 is 4.74 Å². The number of aldehydes is 1. The van der Waals surface area contributed by atoms with E-state index in [2.05, 4.69) is 6.92 Å². The summed E-state index contributed by atoms with van der Waals surface area (Å²) < 4.78 is 66.0. The van der Waals surface area contributed by atoms with Crippen LogP contribution in [0.15, 0.2) is 24.3 Å². The average molecular weight is 719 g/mol. The van der Waals surface area contributed by atoms with Gasteiger partial charge in [-0.05, 0) is 30.7 Å². The number of unbranched alkanes of at least 4 members (excludes halogenated alkanes) is 5. The molecular weight excluding hydrogens is 652 g/mol. The van der Waals surface area contributed by atoms with E-state index < -0.39 is 0 Å². The first-order valence-corrected chi connectivity index (χ1v) is 18.4. The smallest absolute Gasteiger partial charge is 0.150 e. The summed E-state index contributed by atoms with van der Waals surface area (Å²) in [6, 6.07) is 6.94. The first-order valence-electron chi connectivity index (χ1n) is 18.4. The van der Waals surface area contributed by atoms with Crippen molar-refractivity contribution in [3.05, 3.63) is 29.8 Å². The Morgan fingerprint density at radius 2 is 0.640 bits per heavy atom. The van der Waals surface area contributed by atoms with E-state index in [4.69, 9.17) is 56.8 Å². The van der Waals surface area contributed by atoms with Crippen LogP contribution >= 0.6 is 0 Å². The largest absolute Gasteiger partial charge is 0.491 e. The molecule has 50 heavy (non-hydrogen) atoms. The van der Waals surface area contributed by atoms with Gasteiger partial charge in [-0.15, -0.1) is 0 Å². The van der Waals surface area contributed by atoms with Gasteiger partial charge in [0.15, 0.2) is 0 Å². The molecule has 0 aliphatic carbocycles. The molecule has 0 aliphatic rings. The Kier molecular flexibility index (Phi) is 37.0. The molecule has 13 heteroatoms. The van der Waals surface area contributed by atoms with Crippen LogP contribution in [0.1, 0.15) is 55.8 Å². The van der Waals surface area contributed by atoms with Crippen molar-refractivity contribution >= 4 is 6.29 Å². The van der Waals surface area contributed by atoms with Crippen molar-refractivity contribution in [1.29, 1.82) is 0 Å². The van der Waals surface area contributed by atoms with Crippen LogP contribution in [0.25, 0.3) is 0 Å². The van der Waals surface area contributed by atoms with Crippen LogP contribution in [0.2, 0.25) is 0 Å². The molecule has 0 fully saturated rings. The van der Waals surface area contributed by atoms with Crippen molar-refractivity contribution in [2.75, 3.05) is 152 Å². The number of carbonyl (C=O) groups excluding carboxylic acids is 1. The predicted molar refractivity (Wildman–Crippen MR) is 190 cm³/mol. The maximum absolute atomic E-state index is 10.6. The topological polar surface area (TPSA) is 128 Å². The lowest BCUT2D eigenvalue weighted by molar-refractivity contribution is -0.0277. The van der Waals surface area contributed by atoms with Gasteiger partial charge in [0.1, 0.15) is 18.6 Å². The van der Waals surface area contributed by atoms with Crippen molar-refractivity contribution in [1.82, 2.24) is 0 Å². The van der Waals surface area contributed by atoms with Gasteiger partial charge in [-0.1, -0.05) is 39.0 Å². The molecule has 0 heterocycles. The van der Waals surface area contributed by atoms with Gasteiger partial charge in [-0.25, -0.2) is 0 Å². The summed E-state index contributed by atoms with van der Waals surface area (Å²) in [5.74, 6) is 0.705. The van der Waals surface area contributed by atoms with E-state index in [1.165, 1.54) is 32.1 Å². The maximum atomic E-state index is 10.6. The van der Waals surface area contributed by atoms with Gasteiger partial charge >= 0.3 is 0 Å². The molecule has 0 aromatic heterocycles. The van der Waals surface area contributed by atoms with E-state index in [1.807, 2.05) is 0 Å². The summed E-state index contributed by atoms with van der Waals surface area (Å²) in [6.07, 6.45) is 8.46. The fraction of sp³-hybridized carbons (Fsp3) is 0.811. The maximum Gasteiger partial charge on any atom is 0.150 e. The van der Waals surface area contributed by atoms with E-state index in [0.29, 0.717) is 157 Å². The van der Waals surface area contributed by atoms with Crippen molar-refractivity contribution in [2.45, 2.75) is 45.4 Å². The molecule has 292 valence electrons. The predicted octanol–water partition coefficient (Wildman–Crippen LogP) is 4.42. The van der Waals surface area contributed by atoms with Crippen LogP contribution in [-0.4, -0.2) is 158 Å². The molecule has 0 spiro atoms. The number of ether oxygens (including phenoxy) is 12. The van der Waals surface area contributed by atoms with E-state index >= 15 is 0 Å². The summed E-state index contributed by atoms with van der Waals surface area (Å²) in [5.41, 5.74) is 0.619. The quantitative estimate of drug-likeness (QED) is 0.0700. The summed E-state index contributed by atoms with van der Waals surface area (Å²) in [4.78, 5) is 10.6. The minimum absolute atomic E-state index is 0.432. The zero-order chi connectivity index (χ0) is 35.7. The van der Waals surface area contributed by atoms with Gasteiger partial charge in [-0.3, -0.25) is 4.79 Å². The first-order chi connectivity index (χ1) is 24.9. The molecule has 0 radical (unpaired) electrons. The summed E-state index contributed by atoms with van der Waals surface area (Å²) in [5, 5.41) is 0. The SMILES string of the molecule is CCCCCCCCOCCOCCOCCOCCOCCOCCOCCOCCOCCOCCOCCOc1ccc(C=O)cc1. The summed E-state index contributed by atoms with van der Waals surface area (Å²) in [7, 11) is 0. The van der Waals surface area contributed by atoms with Gasteiger partial charge in [0.05, 0.1) is 139 Å². The zero-order valence-electron chi connectivity index (χ0n) is 30.7. The van der Waals surface area contributed by atoms with Gasteiger partial charge in [-0.2, -0.15) is 0 Å². The summed E-state index contributed by atoms with van der Waals surface area (Å²) in [6.45, 7) is 14.4. The molecule has 1 aromatic carbocycles. The molecule has 1 rings (SSSR count). The Morgan fingerprint density at radius 3 is 0.960 bits per heavy atom. The molecule has 0 saturated carbocycles. The average Bonchev–Trinajstić information content (AvgIpc) is 3.14. The first kappa shape index (κ1) is 46.3. The molecular formula is C37H66O13. The Morgan fingerprint density at radius 1 is 0.360 bits per heavy atom. The Labute approximate surface area is 300 Å². The third-order valence-electron chi connectivity index (χ3n) is 6.87. The van der Waals surface area contributed by atoms with E-state index in [9.17, 15) is 4.79 Å². The van der Waals surface area contributed by atoms with Crippen molar-refractivity contribution in [3.8, 4) is 5.75 Å².